The lowest BCUT2D eigenvalue weighted by molar-refractivity contribution is 0.250. The molecule has 3 rings (SSSR count). The lowest BCUT2D eigenvalue weighted by Crippen LogP contribution is -2.17. The molecule has 13 heavy (non-hydrogen) atoms. The molecular formula is C13H22. The molecule has 0 spiro atoms. The van der Waals surface area contributed by atoms with Crippen LogP contribution in [-0.4, -0.2) is 0 Å². The largest absolute Gasteiger partial charge is 0.0625 e. The van der Waals surface area contributed by atoms with E-state index in [1.54, 1.807) is 12.8 Å². The predicted octanol–water partition coefficient (Wildman–Crippen LogP) is 3.71. The lowest BCUT2D eigenvalue weighted by atomic mass is 9.81. The normalized spacial score (nSPS) is 64.4. The van der Waals surface area contributed by atoms with Crippen LogP contribution in [0.2, 0.25) is 0 Å². The van der Waals surface area contributed by atoms with E-state index in [1.807, 2.05) is 0 Å². The van der Waals surface area contributed by atoms with Crippen LogP contribution in [0, 0.1) is 35.0 Å². The highest BCUT2D eigenvalue weighted by Crippen LogP contribution is 2.76. The van der Waals surface area contributed by atoms with Crippen LogP contribution in [0.1, 0.15) is 46.5 Å². The smallest absolute Gasteiger partial charge is 0.0233 e. The highest BCUT2D eigenvalue weighted by atomic mass is 14.7. The SMILES string of the molecule is CC1CC(C)C(C2(C)C3CCC32)C1. The third kappa shape index (κ3) is 0.877. The fourth-order valence-corrected chi connectivity index (χ4v) is 4.82. The average molecular weight is 178 g/mol. The van der Waals surface area contributed by atoms with Gasteiger partial charge in [0.2, 0.25) is 0 Å². The molecule has 0 aromatic heterocycles. The average Bonchev–Trinajstić information content (AvgIpc) is 2.30. The van der Waals surface area contributed by atoms with Crippen molar-refractivity contribution < 1.29 is 0 Å². The summed E-state index contributed by atoms with van der Waals surface area (Å²) in [4.78, 5) is 0. The van der Waals surface area contributed by atoms with Crippen molar-refractivity contribution in [1.82, 2.24) is 0 Å². The molecule has 0 saturated heterocycles. The van der Waals surface area contributed by atoms with Crippen LogP contribution < -0.4 is 0 Å². The zero-order chi connectivity index (χ0) is 9.22. The number of fused-ring (bicyclic) bond motifs is 1. The van der Waals surface area contributed by atoms with Crippen molar-refractivity contribution in [2.45, 2.75) is 46.5 Å². The van der Waals surface area contributed by atoms with Crippen LogP contribution in [0.25, 0.3) is 0 Å². The van der Waals surface area contributed by atoms with Gasteiger partial charge in [-0.25, -0.2) is 0 Å². The maximum absolute atomic E-state index is 2.59. The second-order valence-corrected chi connectivity index (χ2v) is 6.32. The Balaban J connectivity index is 1.79. The molecular weight excluding hydrogens is 156 g/mol. The Kier molecular flexibility index (Phi) is 1.49. The molecule has 0 aliphatic heterocycles. The summed E-state index contributed by atoms with van der Waals surface area (Å²) in [6.07, 6.45) is 6.14. The molecule has 0 radical (unpaired) electrons. The summed E-state index contributed by atoms with van der Waals surface area (Å²) < 4.78 is 0. The van der Waals surface area contributed by atoms with E-state index in [0.717, 1.165) is 35.0 Å². The zero-order valence-electron chi connectivity index (χ0n) is 9.22. The topological polar surface area (TPSA) is 0 Å². The second-order valence-electron chi connectivity index (χ2n) is 6.32. The van der Waals surface area contributed by atoms with Crippen LogP contribution in [0.4, 0.5) is 0 Å². The first-order valence-corrected chi connectivity index (χ1v) is 6.14. The van der Waals surface area contributed by atoms with Crippen molar-refractivity contribution in [3.8, 4) is 0 Å². The lowest BCUT2D eigenvalue weighted by Gasteiger charge is -2.23. The van der Waals surface area contributed by atoms with Crippen molar-refractivity contribution in [1.29, 1.82) is 0 Å². The minimum Gasteiger partial charge on any atom is -0.0625 e. The maximum Gasteiger partial charge on any atom is -0.0233 e. The van der Waals surface area contributed by atoms with Gasteiger partial charge in [-0.15, -0.1) is 0 Å². The Morgan fingerprint density at radius 2 is 1.54 bits per heavy atom. The van der Waals surface area contributed by atoms with Crippen molar-refractivity contribution in [3.05, 3.63) is 0 Å². The maximum atomic E-state index is 2.59. The van der Waals surface area contributed by atoms with Crippen LogP contribution in [0.5, 0.6) is 0 Å². The van der Waals surface area contributed by atoms with Crippen LogP contribution >= 0.6 is 0 Å². The quantitative estimate of drug-likeness (QED) is 0.574. The van der Waals surface area contributed by atoms with E-state index < -0.39 is 0 Å². The van der Waals surface area contributed by atoms with Crippen LogP contribution in [0.15, 0.2) is 0 Å². The molecule has 0 heterocycles. The van der Waals surface area contributed by atoms with E-state index in [0.29, 0.717) is 0 Å². The Morgan fingerprint density at radius 3 is 1.92 bits per heavy atom. The zero-order valence-corrected chi connectivity index (χ0v) is 9.22. The van der Waals surface area contributed by atoms with Gasteiger partial charge in [-0.05, 0) is 60.7 Å². The summed E-state index contributed by atoms with van der Waals surface area (Å²) in [5.74, 6) is 5.43. The third-order valence-electron chi connectivity index (χ3n) is 5.68. The first-order valence-electron chi connectivity index (χ1n) is 6.14. The Bertz CT molecular complexity index is 220. The third-order valence-corrected chi connectivity index (χ3v) is 5.68. The molecule has 0 aromatic carbocycles. The van der Waals surface area contributed by atoms with Crippen LogP contribution in [0.3, 0.4) is 0 Å². The van der Waals surface area contributed by atoms with Gasteiger partial charge in [0, 0.05) is 0 Å². The fraction of sp³-hybridized carbons (Fsp3) is 1.00. The summed E-state index contributed by atoms with van der Waals surface area (Å²) in [6.45, 7) is 7.54. The molecule has 0 heteroatoms. The van der Waals surface area contributed by atoms with E-state index in [-0.39, 0.29) is 0 Å². The van der Waals surface area contributed by atoms with Gasteiger partial charge in [0.15, 0.2) is 0 Å². The van der Waals surface area contributed by atoms with Gasteiger partial charge in [0.25, 0.3) is 0 Å². The fourth-order valence-electron chi connectivity index (χ4n) is 4.82. The monoisotopic (exact) mass is 178 g/mol. The van der Waals surface area contributed by atoms with Gasteiger partial charge >= 0.3 is 0 Å². The van der Waals surface area contributed by atoms with Crippen molar-refractivity contribution >= 4 is 0 Å². The van der Waals surface area contributed by atoms with E-state index in [4.69, 9.17) is 0 Å². The molecule has 3 saturated carbocycles. The molecule has 0 nitrogen and oxygen atoms in total. The molecule has 0 aromatic rings. The van der Waals surface area contributed by atoms with E-state index in [2.05, 4.69) is 20.8 Å². The van der Waals surface area contributed by atoms with Gasteiger partial charge in [-0.2, -0.15) is 0 Å². The van der Waals surface area contributed by atoms with E-state index in [9.17, 15) is 0 Å². The number of hydrogen-bond acceptors (Lipinski definition) is 0. The summed E-state index contributed by atoms with van der Waals surface area (Å²) in [5, 5.41) is 0. The van der Waals surface area contributed by atoms with Gasteiger partial charge in [0.05, 0.1) is 0 Å². The van der Waals surface area contributed by atoms with Crippen molar-refractivity contribution in [2.75, 3.05) is 0 Å². The Morgan fingerprint density at radius 1 is 0.923 bits per heavy atom. The van der Waals surface area contributed by atoms with Gasteiger partial charge in [-0.1, -0.05) is 20.8 Å². The molecule has 74 valence electrons. The summed E-state index contributed by atoms with van der Waals surface area (Å²) in [7, 11) is 0. The first kappa shape index (κ1) is 8.32. The number of hydrogen-bond donors (Lipinski definition) is 0. The molecule has 5 unspecified atom stereocenters. The summed E-state index contributed by atoms with van der Waals surface area (Å²) in [5.41, 5.74) is 0.810. The Labute approximate surface area is 82.1 Å². The summed E-state index contributed by atoms with van der Waals surface area (Å²) >= 11 is 0. The standard InChI is InChI=1S/C13H22/c1-8-6-9(2)12(7-8)13(3)10-4-5-11(10)13/h8-12H,4-7H2,1-3H3. The second kappa shape index (κ2) is 2.32. The molecule has 0 bridgehead atoms. The molecule has 0 N–H and O–H groups in total. The summed E-state index contributed by atoms with van der Waals surface area (Å²) in [6, 6.07) is 0. The Hall–Kier alpha value is 0. The molecule has 3 aliphatic rings. The molecule has 0 amide bonds. The van der Waals surface area contributed by atoms with Gasteiger partial charge < -0.3 is 0 Å². The number of rotatable bonds is 1. The van der Waals surface area contributed by atoms with Gasteiger partial charge in [0.1, 0.15) is 0 Å². The van der Waals surface area contributed by atoms with Crippen molar-refractivity contribution in [3.63, 3.8) is 0 Å². The first-order chi connectivity index (χ1) is 6.14. The molecule has 3 fully saturated rings. The van der Waals surface area contributed by atoms with Gasteiger partial charge in [-0.3, -0.25) is 0 Å². The highest BCUT2D eigenvalue weighted by Gasteiger charge is 2.69. The minimum absolute atomic E-state index is 0.810. The minimum atomic E-state index is 0.810. The van der Waals surface area contributed by atoms with Crippen molar-refractivity contribution in [2.24, 2.45) is 35.0 Å². The van der Waals surface area contributed by atoms with Crippen LogP contribution in [-0.2, 0) is 0 Å². The van der Waals surface area contributed by atoms with E-state index >= 15 is 0 Å². The highest BCUT2D eigenvalue weighted by molar-refractivity contribution is 5.18. The predicted molar refractivity (Wildman–Crippen MR) is 55.4 cm³/mol. The molecule has 5 atom stereocenters. The van der Waals surface area contributed by atoms with E-state index in [1.165, 1.54) is 12.8 Å². The molecule has 3 aliphatic carbocycles.